The first-order chi connectivity index (χ1) is 16.0. The molecule has 0 bridgehead atoms. The van der Waals surface area contributed by atoms with Gasteiger partial charge in [-0.1, -0.05) is 12.1 Å². The fourth-order valence-electron chi connectivity index (χ4n) is 3.86. The highest BCUT2D eigenvalue weighted by molar-refractivity contribution is 6.06. The van der Waals surface area contributed by atoms with Gasteiger partial charge in [0.15, 0.2) is 0 Å². The summed E-state index contributed by atoms with van der Waals surface area (Å²) < 4.78 is 12.2. The summed E-state index contributed by atoms with van der Waals surface area (Å²) in [5.41, 5.74) is 4.62. The minimum absolute atomic E-state index is 0.156. The van der Waals surface area contributed by atoms with Gasteiger partial charge in [0.25, 0.3) is 5.91 Å². The molecule has 0 unspecified atom stereocenters. The molecule has 4 aromatic rings. The summed E-state index contributed by atoms with van der Waals surface area (Å²) in [7, 11) is 3.03. The van der Waals surface area contributed by atoms with Gasteiger partial charge in [0.2, 0.25) is 0 Å². The number of para-hydroxylation sites is 1. The molecule has 0 spiro atoms. The average molecular weight is 443 g/mol. The van der Waals surface area contributed by atoms with Crippen LogP contribution >= 0.6 is 0 Å². The number of hydrogen-bond donors (Lipinski definition) is 1. The Balaban J connectivity index is 1.45. The van der Waals surface area contributed by atoms with Crippen LogP contribution in [-0.4, -0.2) is 47.1 Å². The third-order valence-corrected chi connectivity index (χ3v) is 5.59. The van der Waals surface area contributed by atoms with Gasteiger partial charge in [0.1, 0.15) is 17.2 Å². The van der Waals surface area contributed by atoms with Gasteiger partial charge in [-0.3, -0.25) is 14.5 Å². The highest BCUT2D eigenvalue weighted by atomic mass is 16.5. The fourth-order valence-corrected chi connectivity index (χ4v) is 3.86. The van der Waals surface area contributed by atoms with Gasteiger partial charge in [-0.15, -0.1) is 0 Å². The number of hydrogen-bond acceptors (Lipinski definition) is 6. The van der Waals surface area contributed by atoms with Crippen LogP contribution in [0.1, 0.15) is 15.9 Å². The molecule has 4 heterocycles. The second-order valence-electron chi connectivity index (χ2n) is 7.57. The topological polar surface area (TPSA) is 98.1 Å². The van der Waals surface area contributed by atoms with Crippen LogP contribution in [-0.2, 0) is 11.2 Å². The summed E-state index contributed by atoms with van der Waals surface area (Å²) in [5, 5.41) is 2.52. The zero-order chi connectivity index (χ0) is 22.9. The summed E-state index contributed by atoms with van der Waals surface area (Å²) in [4.78, 5) is 35.0. The lowest BCUT2D eigenvalue weighted by molar-refractivity contribution is 0.0992. The standard InChI is InChI=1S/C24H21N5O4/c1-28(18-5-3-4-15-10-11-33-22(15)18)23(30)17-7-9-21-26-13-19(29(21)14-17)16-6-8-20(25-12-16)27-24(31)32-2/h3-9,12-14H,10-11H2,1-2H3,(H,25,27,31). The summed E-state index contributed by atoms with van der Waals surface area (Å²) in [6.07, 6.45) is 5.36. The molecule has 1 aliphatic rings. The Bertz CT molecular complexity index is 1360. The maximum absolute atomic E-state index is 13.3. The van der Waals surface area contributed by atoms with Crippen LogP contribution in [0.3, 0.4) is 0 Å². The Morgan fingerprint density at radius 3 is 2.79 bits per heavy atom. The number of nitrogens with one attached hydrogen (secondary N) is 1. The number of carbonyl (C=O) groups excluding carboxylic acids is 2. The fraction of sp³-hybridized carbons (Fsp3) is 0.167. The van der Waals surface area contributed by atoms with Crippen LogP contribution in [0.2, 0.25) is 0 Å². The van der Waals surface area contributed by atoms with Gasteiger partial charge in [-0.05, 0) is 35.9 Å². The van der Waals surface area contributed by atoms with Crippen molar-refractivity contribution < 1.29 is 19.1 Å². The van der Waals surface area contributed by atoms with Gasteiger partial charge in [0.05, 0.1) is 36.9 Å². The molecule has 0 radical (unpaired) electrons. The second-order valence-corrected chi connectivity index (χ2v) is 7.57. The Morgan fingerprint density at radius 1 is 1.12 bits per heavy atom. The van der Waals surface area contributed by atoms with Gasteiger partial charge in [-0.25, -0.2) is 14.8 Å². The lowest BCUT2D eigenvalue weighted by Gasteiger charge is -2.20. The minimum Gasteiger partial charge on any atom is -0.491 e. The monoisotopic (exact) mass is 443 g/mol. The molecule has 3 aromatic heterocycles. The number of pyridine rings is 2. The van der Waals surface area contributed by atoms with E-state index in [4.69, 9.17) is 4.74 Å². The van der Waals surface area contributed by atoms with Crippen LogP contribution in [0.5, 0.6) is 5.75 Å². The molecular weight excluding hydrogens is 422 g/mol. The number of aromatic nitrogens is 3. The molecule has 5 rings (SSSR count). The molecule has 1 aromatic carbocycles. The summed E-state index contributed by atoms with van der Waals surface area (Å²) in [6, 6.07) is 12.9. The predicted molar refractivity (Wildman–Crippen MR) is 123 cm³/mol. The number of methoxy groups -OCH3 is 1. The van der Waals surface area contributed by atoms with Crippen molar-refractivity contribution in [1.82, 2.24) is 14.4 Å². The largest absolute Gasteiger partial charge is 0.491 e. The van der Waals surface area contributed by atoms with Gasteiger partial charge in [-0.2, -0.15) is 0 Å². The Labute approximate surface area is 189 Å². The van der Waals surface area contributed by atoms with Crippen molar-refractivity contribution in [3.05, 3.63) is 72.2 Å². The van der Waals surface area contributed by atoms with Crippen molar-refractivity contribution in [3.8, 4) is 17.0 Å². The molecule has 0 atom stereocenters. The van der Waals surface area contributed by atoms with Crippen LogP contribution in [0.25, 0.3) is 16.9 Å². The predicted octanol–water partition coefficient (Wildman–Crippen LogP) is 3.79. The number of carbonyl (C=O) groups is 2. The van der Waals surface area contributed by atoms with E-state index in [1.807, 2.05) is 28.7 Å². The lowest BCUT2D eigenvalue weighted by atomic mass is 10.1. The van der Waals surface area contributed by atoms with E-state index in [9.17, 15) is 9.59 Å². The van der Waals surface area contributed by atoms with Crippen LogP contribution in [0.15, 0.2) is 61.1 Å². The average Bonchev–Trinajstić information content (AvgIpc) is 3.50. The first kappa shape index (κ1) is 20.5. The normalized spacial score (nSPS) is 12.2. The number of anilines is 2. The van der Waals surface area contributed by atoms with Crippen molar-refractivity contribution in [2.75, 3.05) is 31.0 Å². The van der Waals surface area contributed by atoms with Crippen molar-refractivity contribution in [2.24, 2.45) is 0 Å². The molecule has 9 heteroatoms. The number of imidazole rings is 1. The third-order valence-electron chi connectivity index (χ3n) is 5.59. The zero-order valence-corrected chi connectivity index (χ0v) is 18.1. The number of rotatable bonds is 4. The smallest absolute Gasteiger partial charge is 0.412 e. The van der Waals surface area contributed by atoms with E-state index in [0.29, 0.717) is 23.6 Å². The molecule has 9 nitrogen and oxygen atoms in total. The molecule has 1 N–H and O–H groups in total. The van der Waals surface area contributed by atoms with Crippen molar-refractivity contribution in [2.45, 2.75) is 6.42 Å². The van der Waals surface area contributed by atoms with E-state index < -0.39 is 6.09 Å². The molecule has 0 fully saturated rings. The minimum atomic E-state index is -0.591. The second kappa shape index (κ2) is 8.27. The lowest BCUT2D eigenvalue weighted by Crippen LogP contribution is -2.26. The quantitative estimate of drug-likeness (QED) is 0.515. The molecule has 0 saturated heterocycles. The maximum atomic E-state index is 13.3. The summed E-state index contributed by atoms with van der Waals surface area (Å²) in [5.74, 6) is 0.982. The van der Waals surface area contributed by atoms with Crippen LogP contribution < -0.4 is 15.0 Å². The Morgan fingerprint density at radius 2 is 2.00 bits per heavy atom. The van der Waals surface area contributed by atoms with Crippen LogP contribution in [0, 0.1) is 0 Å². The molecule has 166 valence electrons. The Hall–Kier alpha value is -4.40. The molecular formula is C24H21N5O4. The van der Waals surface area contributed by atoms with E-state index in [-0.39, 0.29) is 5.91 Å². The van der Waals surface area contributed by atoms with Crippen molar-refractivity contribution in [1.29, 1.82) is 0 Å². The van der Waals surface area contributed by atoms with E-state index in [2.05, 4.69) is 20.0 Å². The molecule has 0 saturated carbocycles. The molecule has 1 aliphatic heterocycles. The molecule has 0 aliphatic carbocycles. The van der Waals surface area contributed by atoms with Crippen molar-refractivity contribution >= 4 is 29.2 Å². The number of amides is 2. The summed E-state index contributed by atoms with van der Waals surface area (Å²) in [6.45, 7) is 0.626. The highest BCUT2D eigenvalue weighted by Gasteiger charge is 2.23. The number of nitrogens with zero attached hydrogens (tertiary/aromatic N) is 4. The van der Waals surface area contributed by atoms with Crippen molar-refractivity contribution in [3.63, 3.8) is 0 Å². The first-order valence-electron chi connectivity index (χ1n) is 10.4. The zero-order valence-electron chi connectivity index (χ0n) is 18.1. The van der Waals surface area contributed by atoms with Crippen LogP contribution in [0.4, 0.5) is 16.3 Å². The highest BCUT2D eigenvalue weighted by Crippen LogP contribution is 2.36. The van der Waals surface area contributed by atoms with E-state index in [1.54, 1.807) is 48.7 Å². The number of benzene rings is 1. The SMILES string of the molecule is COC(=O)Nc1ccc(-c2cnc3ccc(C(=O)N(C)c4cccc5c4OCC5)cn23)cn1. The summed E-state index contributed by atoms with van der Waals surface area (Å²) >= 11 is 0. The Kier molecular flexibility index (Phi) is 5.14. The van der Waals surface area contributed by atoms with Gasteiger partial charge < -0.3 is 14.4 Å². The van der Waals surface area contributed by atoms with Gasteiger partial charge >= 0.3 is 6.09 Å². The molecule has 2 amide bonds. The van der Waals surface area contributed by atoms with E-state index in [1.165, 1.54) is 7.11 Å². The number of ether oxygens (including phenoxy) is 2. The maximum Gasteiger partial charge on any atom is 0.412 e. The third kappa shape index (κ3) is 3.73. The number of fused-ring (bicyclic) bond motifs is 2. The first-order valence-corrected chi connectivity index (χ1v) is 10.4. The van der Waals surface area contributed by atoms with E-state index in [0.717, 1.165) is 34.7 Å². The molecule has 33 heavy (non-hydrogen) atoms. The van der Waals surface area contributed by atoms with E-state index >= 15 is 0 Å². The van der Waals surface area contributed by atoms with Gasteiger partial charge in [0, 0.05) is 31.4 Å².